The number of ether oxygens (including phenoxy) is 3. The Morgan fingerprint density at radius 2 is 1.58 bits per heavy atom. The summed E-state index contributed by atoms with van der Waals surface area (Å²) in [6.45, 7) is 4.43. The van der Waals surface area contributed by atoms with E-state index in [0.717, 1.165) is 0 Å². The van der Waals surface area contributed by atoms with Gasteiger partial charge < -0.3 is 38.9 Å². The van der Waals surface area contributed by atoms with Crippen LogP contribution >= 0.6 is 0 Å². The van der Waals surface area contributed by atoms with Gasteiger partial charge in [-0.3, -0.25) is 19.2 Å². The highest BCUT2D eigenvalue weighted by molar-refractivity contribution is 5.94. The quantitative estimate of drug-likeness (QED) is 0.116. The summed E-state index contributed by atoms with van der Waals surface area (Å²) < 4.78 is 16.1. The fraction of sp³-hybridized carbons (Fsp3) is 0.613. The molecule has 238 valence electrons. The van der Waals surface area contributed by atoms with Crippen molar-refractivity contribution in [1.82, 2.24) is 4.90 Å². The number of rotatable bonds is 20. The molecule has 12 heteroatoms. The highest BCUT2D eigenvalue weighted by atomic mass is 16.6. The van der Waals surface area contributed by atoms with Gasteiger partial charge in [0, 0.05) is 48.7 Å². The lowest BCUT2D eigenvalue weighted by Crippen LogP contribution is -2.56. The maximum Gasteiger partial charge on any atom is 0.313 e. The van der Waals surface area contributed by atoms with E-state index in [2.05, 4.69) is 0 Å². The van der Waals surface area contributed by atoms with Crippen LogP contribution in [0.3, 0.4) is 0 Å². The monoisotopic (exact) mass is 603 g/mol. The Hall–Kier alpha value is -3.96. The summed E-state index contributed by atoms with van der Waals surface area (Å²) in [5.74, 6) is -10.1. The number of esters is 2. The number of carbonyl (C=O) groups excluding carboxylic acids is 6. The lowest BCUT2D eigenvalue weighted by atomic mass is 9.74. The van der Waals surface area contributed by atoms with Gasteiger partial charge >= 0.3 is 11.9 Å². The molecule has 0 aliphatic carbocycles. The smallest absolute Gasteiger partial charge is 0.313 e. The molecule has 1 aliphatic rings. The van der Waals surface area contributed by atoms with Crippen molar-refractivity contribution < 1.29 is 53.2 Å². The normalized spacial score (nSPS) is 16.4. The predicted octanol–water partition coefficient (Wildman–Crippen LogP) is 0.687. The summed E-state index contributed by atoms with van der Waals surface area (Å²) in [6.07, 6.45) is 0.709. The number of ketones is 1. The third-order valence-electron chi connectivity index (χ3n) is 7.69. The van der Waals surface area contributed by atoms with Crippen LogP contribution in [0.1, 0.15) is 65.7 Å². The molecule has 0 N–H and O–H groups in total. The first kappa shape index (κ1) is 35.2. The zero-order valence-corrected chi connectivity index (χ0v) is 25.0. The fourth-order valence-corrected chi connectivity index (χ4v) is 5.52. The predicted molar refractivity (Wildman–Crippen MR) is 148 cm³/mol. The van der Waals surface area contributed by atoms with Gasteiger partial charge in [0.1, 0.15) is 31.2 Å². The SMILES string of the molecule is CCC(CCC(COC(=O)CC(C)=O)C(C(=O)[O-])C(C(=O)[O-])C(CC)N1CCCC1=O)C(=O)OCCOc1ccccc1. The highest BCUT2D eigenvalue weighted by Crippen LogP contribution is 2.34. The molecule has 12 nitrogen and oxygen atoms in total. The molecule has 5 unspecified atom stereocenters. The number of benzene rings is 1. The molecule has 43 heavy (non-hydrogen) atoms. The third kappa shape index (κ3) is 11.0. The van der Waals surface area contributed by atoms with Crippen LogP contribution in [0.4, 0.5) is 0 Å². The van der Waals surface area contributed by atoms with Crippen molar-refractivity contribution in [2.45, 2.75) is 71.8 Å². The maximum absolute atomic E-state index is 12.8. The van der Waals surface area contributed by atoms with Crippen LogP contribution in [0, 0.1) is 23.7 Å². The molecule has 1 aromatic carbocycles. The topological polar surface area (TPSA) is 179 Å². The van der Waals surface area contributed by atoms with Crippen LogP contribution in [0.25, 0.3) is 0 Å². The largest absolute Gasteiger partial charge is 0.550 e. The molecule has 1 amide bonds. The minimum Gasteiger partial charge on any atom is -0.550 e. The molecule has 0 saturated carbocycles. The van der Waals surface area contributed by atoms with E-state index in [-0.39, 0.29) is 51.3 Å². The summed E-state index contributed by atoms with van der Waals surface area (Å²) in [4.78, 5) is 75.2. The summed E-state index contributed by atoms with van der Waals surface area (Å²) in [5.41, 5.74) is 0. The van der Waals surface area contributed by atoms with E-state index in [1.54, 1.807) is 38.1 Å². The molecule has 1 fully saturated rings. The van der Waals surface area contributed by atoms with Crippen LogP contribution in [0.15, 0.2) is 30.3 Å². The van der Waals surface area contributed by atoms with Gasteiger partial charge in [-0.2, -0.15) is 0 Å². The second-order valence-corrected chi connectivity index (χ2v) is 10.7. The Morgan fingerprint density at radius 1 is 0.907 bits per heavy atom. The zero-order chi connectivity index (χ0) is 31.9. The number of hydrogen-bond acceptors (Lipinski definition) is 11. The number of para-hydroxylation sites is 1. The van der Waals surface area contributed by atoms with Gasteiger partial charge in [0.05, 0.1) is 12.5 Å². The van der Waals surface area contributed by atoms with Crippen molar-refractivity contribution in [1.29, 1.82) is 0 Å². The molecule has 5 atom stereocenters. The molecule has 1 aromatic rings. The molecule has 1 aliphatic heterocycles. The van der Waals surface area contributed by atoms with Crippen molar-refractivity contribution in [3.8, 4) is 5.75 Å². The number of nitrogens with zero attached hydrogens (tertiary/aromatic N) is 1. The minimum absolute atomic E-state index is 0.0210. The first-order valence-electron chi connectivity index (χ1n) is 14.7. The van der Waals surface area contributed by atoms with Crippen molar-refractivity contribution >= 4 is 35.6 Å². The number of Topliss-reactive ketones (excluding diaryl/α,β-unsaturated/α-hetero) is 1. The molecule has 1 heterocycles. The lowest BCUT2D eigenvalue weighted by Gasteiger charge is -2.42. The van der Waals surface area contributed by atoms with Crippen LogP contribution in [-0.4, -0.2) is 72.9 Å². The van der Waals surface area contributed by atoms with E-state index >= 15 is 0 Å². The van der Waals surface area contributed by atoms with Gasteiger partial charge in [-0.25, -0.2) is 0 Å². The number of carbonyl (C=O) groups is 6. The molecule has 0 aromatic heterocycles. The standard InChI is InChI=1S/C31H43NO11/c1-4-21(31(40)42-17-16-41-23-10-7-6-8-11-23)13-14-22(19-43-26(35)18-20(3)33)27(29(36)37)28(30(38)39)24(5-2)32-15-9-12-25(32)34/h6-8,10-11,21-22,24,27-28H,4-5,9,12-19H2,1-3H3,(H,36,37)(H,38,39)/p-2. The van der Waals surface area contributed by atoms with Crippen molar-refractivity contribution in [3.05, 3.63) is 30.3 Å². The van der Waals surface area contributed by atoms with Gasteiger partial charge in [0.25, 0.3) is 0 Å². The van der Waals surface area contributed by atoms with E-state index < -0.39 is 72.4 Å². The molecule has 0 spiro atoms. The Bertz CT molecular complexity index is 1110. The van der Waals surface area contributed by atoms with E-state index in [1.807, 2.05) is 6.07 Å². The van der Waals surface area contributed by atoms with Crippen molar-refractivity contribution in [2.75, 3.05) is 26.4 Å². The number of aliphatic carboxylic acids is 2. The minimum atomic E-state index is -1.72. The Kier molecular flexibility index (Phi) is 14.6. The highest BCUT2D eigenvalue weighted by Gasteiger charge is 2.41. The van der Waals surface area contributed by atoms with Gasteiger partial charge in [0.2, 0.25) is 5.91 Å². The summed E-state index contributed by atoms with van der Waals surface area (Å²) in [6, 6.07) is 7.98. The first-order chi connectivity index (χ1) is 20.5. The number of carboxylic acids is 2. The Morgan fingerprint density at radius 3 is 2.12 bits per heavy atom. The number of carboxylic acid groups (broad SMARTS) is 2. The molecular weight excluding hydrogens is 562 g/mol. The molecule has 0 radical (unpaired) electrons. The second kappa shape index (κ2) is 17.9. The van der Waals surface area contributed by atoms with E-state index in [1.165, 1.54) is 11.8 Å². The maximum atomic E-state index is 12.8. The Labute approximate surface area is 251 Å². The summed E-state index contributed by atoms with van der Waals surface area (Å²) in [7, 11) is 0. The number of hydrogen-bond donors (Lipinski definition) is 0. The van der Waals surface area contributed by atoms with Crippen LogP contribution in [0.2, 0.25) is 0 Å². The first-order valence-corrected chi connectivity index (χ1v) is 14.7. The average Bonchev–Trinajstić information content (AvgIpc) is 3.38. The van der Waals surface area contributed by atoms with Crippen molar-refractivity contribution in [3.63, 3.8) is 0 Å². The fourth-order valence-electron chi connectivity index (χ4n) is 5.52. The van der Waals surface area contributed by atoms with Crippen molar-refractivity contribution in [2.24, 2.45) is 23.7 Å². The van der Waals surface area contributed by atoms with Gasteiger partial charge in [-0.15, -0.1) is 0 Å². The van der Waals surface area contributed by atoms with Gasteiger partial charge in [0.15, 0.2) is 0 Å². The second-order valence-electron chi connectivity index (χ2n) is 10.7. The van der Waals surface area contributed by atoms with E-state index in [4.69, 9.17) is 14.2 Å². The number of amides is 1. The Balaban J connectivity index is 2.22. The van der Waals surface area contributed by atoms with Crippen LogP contribution in [-0.2, 0) is 38.2 Å². The molecular formula is C31H41NO11-2. The van der Waals surface area contributed by atoms with E-state index in [9.17, 15) is 39.0 Å². The van der Waals surface area contributed by atoms with Crippen LogP contribution < -0.4 is 14.9 Å². The van der Waals surface area contributed by atoms with Gasteiger partial charge in [-0.1, -0.05) is 32.0 Å². The van der Waals surface area contributed by atoms with E-state index in [0.29, 0.717) is 18.6 Å². The molecule has 0 bridgehead atoms. The zero-order valence-electron chi connectivity index (χ0n) is 25.0. The summed E-state index contributed by atoms with van der Waals surface area (Å²) >= 11 is 0. The average molecular weight is 604 g/mol. The molecule has 1 saturated heterocycles. The summed E-state index contributed by atoms with van der Waals surface area (Å²) in [5, 5.41) is 25.0. The lowest BCUT2D eigenvalue weighted by molar-refractivity contribution is -0.331. The van der Waals surface area contributed by atoms with Crippen LogP contribution in [0.5, 0.6) is 5.75 Å². The number of likely N-dealkylation sites (tertiary alicyclic amines) is 1. The van der Waals surface area contributed by atoms with Gasteiger partial charge in [-0.05, 0) is 51.2 Å². The molecule has 2 rings (SSSR count). The third-order valence-corrected chi connectivity index (χ3v) is 7.69.